The summed E-state index contributed by atoms with van der Waals surface area (Å²) in [6.07, 6.45) is 5.61. The van der Waals surface area contributed by atoms with Crippen LogP contribution in [-0.2, 0) is 22.5 Å². The van der Waals surface area contributed by atoms with Crippen molar-refractivity contribution in [2.24, 2.45) is 0 Å². The van der Waals surface area contributed by atoms with Crippen LogP contribution in [0.3, 0.4) is 0 Å². The Balaban J connectivity index is 1.75. The molecule has 0 bridgehead atoms. The van der Waals surface area contributed by atoms with Crippen LogP contribution < -0.4 is 0 Å². The first-order valence-electron chi connectivity index (χ1n) is 6.05. The van der Waals surface area contributed by atoms with Crippen molar-refractivity contribution < 1.29 is 9.47 Å². The molecule has 0 N–H and O–H groups in total. The van der Waals surface area contributed by atoms with Crippen LogP contribution in [-0.4, -0.2) is 17.9 Å². The van der Waals surface area contributed by atoms with E-state index in [1.165, 1.54) is 11.4 Å². The van der Waals surface area contributed by atoms with Crippen molar-refractivity contribution in [3.05, 3.63) is 16.1 Å². The van der Waals surface area contributed by atoms with E-state index in [1.807, 2.05) is 0 Å². The van der Waals surface area contributed by atoms with E-state index >= 15 is 0 Å². The summed E-state index contributed by atoms with van der Waals surface area (Å²) in [5.74, 6) is 0. The molecule has 3 nitrogen and oxygen atoms in total. The third-order valence-electron chi connectivity index (χ3n) is 2.62. The molecule has 2 rings (SSSR count). The summed E-state index contributed by atoms with van der Waals surface area (Å²) >= 11 is 1.73. The Morgan fingerprint density at radius 2 is 2.50 bits per heavy atom. The van der Waals surface area contributed by atoms with Crippen molar-refractivity contribution in [3.63, 3.8) is 0 Å². The normalized spacial score (nSPS) is 21.2. The van der Waals surface area contributed by atoms with Crippen molar-refractivity contribution in [2.75, 3.05) is 6.61 Å². The van der Waals surface area contributed by atoms with Crippen molar-refractivity contribution in [3.8, 4) is 0 Å². The van der Waals surface area contributed by atoms with Crippen molar-refractivity contribution >= 4 is 11.3 Å². The second-order valence-corrected chi connectivity index (χ2v) is 5.03. The van der Waals surface area contributed by atoms with Gasteiger partial charge >= 0.3 is 0 Å². The van der Waals surface area contributed by atoms with Crippen molar-refractivity contribution in [1.82, 2.24) is 4.98 Å². The molecule has 0 spiro atoms. The van der Waals surface area contributed by atoms with Gasteiger partial charge in [0, 0.05) is 12.0 Å². The molecule has 0 aliphatic carbocycles. The van der Waals surface area contributed by atoms with E-state index in [0.29, 0.717) is 6.61 Å². The predicted molar refractivity (Wildman–Crippen MR) is 64.5 cm³/mol. The number of rotatable bonds is 5. The maximum atomic E-state index is 5.68. The molecule has 4 heteroatoms. The number of aryl methyl sites for hydroxylation is 1. The molecule has 1 aromatic rings. The zero-order chi connectivity index (χ0) is 11.2. The monoisotopic (exact) mass is 241 g/mol. The van der Waals surface area contributed by atoms with Gasteiger partial charge in [0.05, 0.1) is 17.3 Å². The highest BCUT2D eigenvalue weighted by molar-refractivity contribution is 7.09. The van der Waals surface area contributed by atoms with Gasteiger partial charge in [-0.15, -0.1) is 11.3 Å². The summed E-state index contributed by atoms with van der Waals surface area (Å²) in [5, 5.41) is 3.30. The molecule has 1 atom stereocenters. The first-order valence-corrected chi connectivity index (χ1v) is 6.93. The SMILES string of the molecule is CCCc1nc(COC2CCCCO2)cs1. The fourth-order valence-corrected chi connectivity index (χ4v) is 2.65. The van der Waals surface area contributed by atoms with Gasteiger partial charge in [-0.25, -0.2) is 4.98 Å². The molecule has 1 aliphatic rings. The first kappa shape index (κ1) is 12.0. The maximum absolute atomic E-state index is 5.68. The Bertz CT molecular complexity index is 308. The van der Waals surface area contributed by atoms with E-state index < -0.39 is 0 Å². The Kier molecular flexibility index (Phi) is 4.75. The second-order valence-electron chi connectivity index (χ2n) is 4.09. The van der Waals surface area contributed by atoms with E-state index in [0.717, 1.165) is 38.0 Å². The van der Waals surface area contributed by atoms with Gasteiger partial charge in [-0.3, -0.25) is 0 Å². The van der Waals surface area contributed by atoms with Crippen LogP contribution in [0.4, 0.5) is 0 Å². The zero-order valence-corrected chi connectivity index (χ0v) is 10.6. The van der Waals surface area contributed by atoms with Gasteiger partial charge in [0.25, 0.3) is 0 Å². The summed E-state index contributed by atoms with van der Waals surface area (Å²) < 4.78 is 11.2. The summed E-state index contributed by atoms with van der Waals surface area (Å²) in [6, 6.07) is 0. The maximum Gasteiger partial charge on any atom is 0.158 e. The van der Waals surface area contributed by atoms with Gasteiger partial charge in [-0.1, -0.05) is 6.92 Å². The number of nitrogens with zero attached hydrogens (tertiary/aromatic N) is 1. The molecule has 0 aromatic carbocycles. The van der Waals surface area contributed by atoms with Gasteiger partial charge in [0.2, 0.25) is 0 Å². The first-order chi connectivity index (χ1) is 7.88. The fraction of sp³-hybridized carbons (Fsp3) is 0.750. The molecule has 1 saturated heterocycles. The summed E-state index contributed by atoms with van der Waals surface area (Å²) in [5.41, 5.74) is 1.04. The topological polar surface area (TPSA) is 31.4 Å². The Hall–Kier alpha value is -0.450. The lowest BCUT2D eigenvalue weighted by Crippen LogP contribution is -2.22. The Labute approximate surface area is 101 Å². The summed E-state index contributed by atoms with van der Waals surface area (Å²) in [7, 11) is 0. The van der Waals surface area contributed by atoms with E-state index in [-0.39, 0.29) is 6.29 Å². The number of ether oxygens (including phenoxy) is 2. The molecule has 0 amide bonds. The summed E-state index contributed by atoms with van der Waals surface area (Å²) in [4.78, 5) is 4.52. The van der Waals surface area contributed by atoms with Gasteiger partial charge in [-0.05, 0) is 32.1 Å². The average Bonchev–Trinajstić information content (AvgIpc) is 2.76. The second kappa shape index (κ2) is 6.33. The smallest absolute Gasteiger partial charge is 0.158 e. The van der Waals surface area contributed by atoms with Crippen LogP contribution in [0.15, 0.2) is 5.38 Å². The fourth-order valence-electron chi connectivity index (χ4n) is 1.76. The minimum atomic E-state index is -0.00919. The molecule has 90 valence electrons. The van der Waals surface area contributed by atoms with Gasteiger partial charge in [0.1, 0.15) is 0 Å². The molecule has 1 fully saturated rings. The van der Waals surface area contributed by atoms with E-state index in [4.69, 9.17) is 9.47 Å². The molecule has 0 radical (unpaired) electrons. The predicted octanol–water partition coefficient (Wildman–Crippen LogP) is 3.14. The quantitative estimate of drug-likeness (QED) is 0.793. The highest BCUT2D eigenvalue weighted by Gasteiger charge is 2.14. The molecule has 2 heterocycles. The van der Waals surface area contributed by atoms with E-state index in [2.05, 4.69) is 17.3 Å². The standard InChI is InChI=1S/C12H19NO2S/c1-2-5-11-13-10(9-16-11)8-15-12-6-3-4-7-14-12/h9,12H,2-8H2,1H3. The Morgan fingerprint density at radius 3 is 3.25 bits per heavy atom. The third-order valence-corrected chi connectivity index (χ3v) is 3.58. The van der Waals surface area contributed by atoms with Gasteiger partial charge in [-0.2, -0.15) is 0 Å². The third kappa shape index (κ3) is 3.54. The lowest BCUT2D eigenvalue weighted by Gasteiger charge is -2.22. The number of thiazole rings is 1. The summed E-state index contributed by atoms with van der Waals surface area (Å²) in [6.45, 7) is 3.60. The molecule has 1 aliphatic heterocycles. The van der Waals surface area contributed by atoms with Crippen LogP contribution in [0.1, 0.15) is 43.3 Å². The number of hydrogen-bond acceptors (Lipinski definition) is 4. The molecule has 16 heavy (non-hydrogen) atoms. The van der Waals surface area contributed by atoms with Crippen LogP contribution >= 0.6 is 11.3 Å². The molecule has 1 aromatic heterocycles. The average molecular weight is 241 g/mol. The molecular formula is C12H19NO2S. The minimum absolute atomic E-state index is 0.00919. The number of hydrogen-bond donors (Lipinski definition) is 0. The van der Waals surface area contributed by atoms with Gasteiger partial charge < -0.3 is 9.47 Å². The number of aromatic nitrogens is 1. The van der Waals surface area contributed by atoms with Crippen LogP contribution in [0.2, 0.25) is 0 Å². The Morgan fingerprint density at radius 1 is 1.56 bits per heavy atom. The van der Waals surface area contributed by atoms with E-state index in [9.17, 15) is 0 Å². The van der Waals surface area contributed by atoms with Gasteiger partial charge in [0.15, 0.2) is 6.29 Å². The van der Waals surface area contributed by atoms with Crippen LogP contribution in [0, 0.1) is 0 Å². The van der Waals surface area contributed by atoms with Crippen molar-refractivity contribution in [2.45, 2.75) is 51.9 Å². The lowest BCUT2D eigenvalue weighted by atomic mass is 10.2. The lowest BCUT2D eigenvalue weighted by molar-refractivity contribution is -0.169. The van der Waals surface area contributed by atoms with Crippen LogP contribution in [0.5, 0.6) is 0 Å². The largest absolute Gasteiger partial charge is 0.353 e. The highest BCUT2D eigenvalue weighted by atomic mass is 32.1. The minimum Gasteiger partial charge on any atom is -0.353 e. The van der Waals surface area contributed by atoms with E-state index in [1.54, 1.807) is 11.3 Å². The van der Waals surface area contributed by atoms with Crippen LogP contribution in [0.25, 0.3) is 0 Å². The molecule has 0 saturated carbocycles. The molecule has 1 unspecified atom stereocenters. The van der Waals surface area contributed by atoms with Crippen molar-refractivity contribution in [1.29, 1.82) is 0 Å². The molecular weight excluding hydrogens is 222 g/mol. The zero-order valence-electron chi connectivity index (χ0n) is 9.78. The highest BCUT2D eigenvalue weighted by Crippen LogP contribution is 2.17.